The minimum Gasteiger partial charge on any atom is -0.423 e. The molecule has 2 heterocycles. The van der Waals surface area contributed by atoms with Crippen molar-refractivity contribution in [3.8, 4) is 16.9 Å². The number of hydrogen-bond donors (Lipinski definition) is 0. The molecule has 32 heavy (non-hydrogen) atoms. The van der Waals surface area contributed by atoms with Gasteiger partial charge in [-0.1, -0.05) is 35.9 Å². The van der Waals surface area contributed by atoms with E-state index in [4.69, 9.17) is 13.6 Å². The second-order valence-electron chi connectivity index (χ2n) is 7.38. The van der Waals surface area contributed by atoms with Crippen LogP contribution in [0.2, 0.25) is 0 Å². The molecule has 0 amide bonds. The van der Waals surface area contributed by atoms with Crippen LogP contribution in [0, 0.1) is 6.92 Å². The van der Waals surface area contributed by atoms with Gasteiger partial charge in [0.15, 0.2) is 0 Å². The Labute approximate surface area is 181 Å². The van der Waals surface area contributed by atoms with Crippen molar-refractivity contribution in [1.29, 1.82) is 0 Å². The summed E-state index contributed by atoms with van der Waals surface area (Å²) in [6.07, 6.45) is 0. The summed E-state index contributed by atoms with van der Waals surface area (Å²) in [4.78, 5) is 37.3. The standard InChI is InChI=1S/C26H16O6/c1-15-5-4-7-17(11-15)25(28)30-18-9-10-19-20(14-24(27)31-23(19)13-18)21-12-16-6-2-3-8-22(16)32-26(21)29/h2-14H,1H3. The maximum Gasteiger partial charge on any atom is 0.344 e. The van der Waals surface area contributed by atoms with Crippen LogP contribution >= 0.6 is 0 Å². The van der Waals surface area contributed by atoms with Crippen molar-refractivity contribution in [1.82, 2.24) is 0 Å². The first-order valence-electron chi connectivity index (χ1n) is 9.88. The van der Waals surface area contributed by atoms with E-state index >= 15 is 0 Å². The Morgan fingerprint density at radius 3 is 2.47 bits per heavy atom. The molecular weight excluding hydrogens is 408 g/mol. The second kappa shape index (κ2) is 7.67. The molecule has 0 saturated carbocycles. The third-order valence-corrected chi connectivity index (χ3v) is 5.11. The lowest BCUT2D eigenvalue weighted by Gasteiger charge is -2.08. The molecule has 0 bridgehead atoms. The zero-order valence-electron chi connectivity index (χ0n) is 17.0. The van der Waals surface area contributed by atoms with Crippen LogP contribution in [0.4, 0.5) is 0 Å². The molecule has 0 aliphatic carbocycles. The largest absolute Gasteiger partial charge is 0.423 e. The molecule has 0 atom stereocenters. The lowest BCUT2D eigenvalue weighted by molar-refractivity contribution is 0.0735. The summed E-state index contributed by atoms with van der Waals surface area (Å²) >= 11 is 0. The highest BCUT2D eigenvalue weighted by Gasteiger charge is 2.15. The van der Waals surface area contributed by atoms with Gasteiger partial charge < -0.3 is 13.6 Å². The van der Waals surface area contributed by atoms with Crippen LogP contribution in [0.1, 0.15) is 15.9 Å². The summed E-state index contributed by atoms with van der Waals surface area (Å²) in [5.74, 6) is -0.309. The van der Waals surface area contributed by atoms with Gasteiger partial charge in [-0.25, -0.2) is 14.4 Å². The molecule has 0 spiro atoms. The van der Waals surface area contributed by atoms with Crippen LogP contribution in [0.25, 0.3) is 33.1 Å². The van der Waals surface area contributed by atoms with Gasteiger partial charge in [-0.15, -0.1) is 0 Å². The predicted octanol–water partition coefficient (Wildman–Crippen LogP) is 5.09. The molecule has 5 rings (SSSR count). The maximum atomic E-state index is 12.6. The van der Waals surface area contributed by atoms with E-state index in [2.05, 4.69) is 0 Å². The summed E-state index contributed by atoms with van der Waals surface area (Å²) in [6.45, 7) is 1.88. The molecule has 2 aromatic heterocycles. The van der Waals surface area contributed by atoms with Crippen LogP contribution in [-0.4, -0.2) is 5.97 Å². The molecule has 0 N–H and O–H groups in total. The van der Waals surface area contributed by atoms with Crippen LogP contribution in [0.5, 0.6) is 5.75 Å². The molecule has 0 radical (unpaired) electrons. The van der Waals surface area contributed by atoms with E-state index in [1.807, 2.05) is 25.1 Å². The third kappa shape index (κ3) is 3.58. The van der Waals surface area contributed by atoms with Crippen molar-refractivity contribution >= 4 is 27.9 Å². The normalized spacial score (nSPS) is 11.0. The minimum absolute atomic E-state index is 0.189. The molecule has 0 saturated heterocycles. The molecule has 0 aliphatic rings. The third-order valence-electron chi connectivity index (χ3n) is 5.11. The molecule has 6 heteroatoms. The van der Waals surface area contributed by atoms with Crippen molar-refractivity contribution in [3.63, 3.8) is 0 Å². The highest BCUT2D eigenvalue weighted by Crippen LogP contribution is 2.30. The van der Waals surface area contributed by atoms with Gasteiger partial charge >= 0.3 is 17.2 Å². The molecule has 0 aliphatic heterocycles. The fourth-order valence-electron chi connectivity index (χ4n) is 3.62. The van der Waals surface area contributed by atoms with Gasteiger partial charge in [-0.05, 0) is 43.3 Å². The smallest absolute Gasteiger partial charge is 0.344 e. The summed E-state index contributed by atoms with van der Waals surface area (Å²) < 4.78 is 16.2. The van der Waals surface area contributed by atoms with E-state index < -0.39 is 17.2 Å². The number of para-hydroxylation sites is 1. The van der Waals surface area contributed by atoms with Gasteiger partial charge in [-0.2, -0.15) is 0 Å². The zero-order chi connectivity index (χ0) is 22.2. The van der Waals surface area contributed by atoms with E-state index in [1.54, 1.807) is 48.5 Å². The zero-order valence-corrected chi connectivity index (χ0v) is 17.0. The fourth-order valence-corrected chi connectivity index (χ4v) is 3.62. The Morgan fingerprint density at radius 2 is 1.62 bits per heavy atom. The van der Waals surface area contributed by atoms with Crippen LogP contribution in [0.15, 0.2) is 97.3 Å². The van der Waals surface area contributed by atoms with Gasteiger partial charge in [0, 0.05) is 28.5 Å². The summed E-state index contributed by atoms with van der Waals surface area (Å²) in [6, 6.07) is 21.8. The number of benzene rings is 3. The maximum absolute atomic E-state index is 12.6. The Bertz CT molecular complexity index is 1620. The molecule has 6 nitrogen and oxygen atoms in total. The predicted molar refractivity (Wildman–Crippen MR) is 120 cm³/mol. The van der Waals surface area contributed by atoms with Crippen LogP contribution in [-0.2, 0) is 0 Å². The van der Waals surface area contributed by atoms with Crippen molar-refractivity contribution in [2.45, 2.75) is 6.92 Å². The number of ether oxygens (including phenoxy) is 1. The van der Waals surface area contributed by atoms with Crippen LogP contribution < -0.4 is 16.0 Å². The number of fused-ring (bicyclic) bond motifs is 2. The fraction of sp³-hybridized carbons (Fsp3) is 0.0385. The average Bonchev–Trinajstić information content (AvgIpc) is 2.78. The van der Waals surface area contributed by atoms with E-state index in [-0.39, 0.29) is 16.9 Å². The van der Waals surface area contributed by atoms with E-state index in [9.17, 15) is 14.4 Å². The van der Waals surface area contributed by atoms with Gasteiger partial charge in [0.25, 0.3) is 0 Å². The topological polar surface area (TPSA) is 86.7 Å². The molecular formula is C26H16O6. The lowest BCUT2D eigenvalue weighted by atomic mass is 10.0. The molecule has 3 aromatic carbocycles. The molecule has 5 aromatic rings. The molecule has 0 unspecified atom stereocenters. The summed E-state index contributed by atoms with van der Waals surface area (Å²) in [5.41, 5.74) is 1.41. The van der Waals surface area contributed by atoms with E-state index in [1.165, 1.54) is 12.1 Å². The summed E-state index contributed by atoms with van der Waals surface area (Å²) in [7, 11) is 0. The first-order valence-corrected chi connectivity index (χ1v) is 9.88. The van der Waals surface area contributed by atoms with Crippen molar-refractivity contribution < 1.29 is 18.4 Å². The average molecular weight is 424 g/mol. The van der Waals surface area contributed by atoms with E-state index in [0.717, 1.165) is 10.9 Å². The van der Waals surface area contributed by atoms with Crippen LogP contribution in [0.3, 0.4) is 0 Å². The SMILES string of the molecule is Cc1cccc(C(=O)Oc2ccc3c(-c4cc5ccccc5oc4=O)cc(=O)oc3c2)c1. The Balaban J connectivity index is 1.59. The number of hydrogen-bond acceptors (Lipinski definition) is 6. The molecule has 156 valence electrons. The van der Waals surface area contributed by atoms with Crippen molar-refractivity contribution in [2.75, 3.05) is 0 Å². The van der Waals surface area contributed by atoms with Gasteiger partial charge in [-0.3, -0.25) is 0 Å². The highest BCUT2D eigenvalue weighted by atomic mass is 16.5. The second-order valence-corrected chi connectivity index (χ2v) is 7.38. The number of carbonyl (C=O) groups is 1. The van der Waals surface area contributed by atoms with E-state index in [0.29, 0.717) is 22.1 Å². The number of rotatable bonds is 3. The van der Waals surface area contributed by atoms with Gasteiger partial charge in [0.2, 0.25) is 0 Å². The minimum atomic E-state index is -0.637. The Hall–Kier alpha value is -4.45. The Morgan fingerprint density at radius 1 is 0.781 bits per heavy atom. The number of carbonyl (C=O) groups excluding carboxylic acids is 1. The lowest BCUT2D eigenvalue weighted by Crippen LogP contribution is -2.09. The first-order chi connectivity index (χ1) is 15.5. The Kier molecular flexibility index (Phi) is 4.67. The number of aryl methyl sites for hydroxylation is 1. The first kappa shape index (κ1) is 19.5. The van der Waals surface area contributed by atoms with Crippen molar-refractivity contribution in [3.05, 3.63) is 111 Å². The molecule has 0 fully saturated rings. The summed E-state index contributed by atoms with van der Waals surface area (Å²) in [5, 5.41) is 1.25. The van der Waals surface area contributed by atoms with Crippen molar-refractivity contribution in [2.24, 2.45) is 0 Å². The number of esters is 1. The van der Waals surface area contributed by atoms with Gasteiger partial charge in [0.05, 0.1) is 11.1 Å². The monoisotopic (exact) mass is 424 g/mol. The quantitative estimate of drug-likeness (QED) is 0.228. The van der Waals surface area contributed by atoms with Gasteiger partial charge in [0.1, 0.15) is 16.9 Å². The highest BCUT2D eigenvalue weighted by molar-refractivity contribution is 5.96.